The lowest BCUT2D eigenvalue weighted by atomic mass is 10.6. The molecule has 0 bridgehead atoms. The average molecular weight is 296 g/mol. The van der Waals surface area contributed by atoms with Crippen LogP contribution in [-0.4, -0.2) is 48.6 Å². The summed E-state index contributed by atoms with van der Waals surface area (Å²) in [5.41, 5.74) is 0. The summed E-state index contributed by atoms with van der Waals surface area (Å²) in [5.74, 6) is 0. The molecule has 0 fully saturated rings. The molecule has 5 nitrogen and oxygen atoms in total. The highest BCUT2D eigenvalue weighted by Gasteiger charge is 1.94. The first-order valence-corrected chi connectivity index (χ1v) is 6.88. The SMILES string of the molecule is CC.CCCF.COCCO.Cc1nnc(C=O)s1. The van der Waals surface area contributed by atoms with E-state index in [9.17, 15) is 9.18 Å². The number of rotatable bonds is 4. The summed E-state index contributed by atoms with van der Waals surface area (Å²) >= 11 is 1.30. The molecule has 0 aliphatic heterocycles. The Bertz CT molecular complexity index is 269. The Hall–Kier alpha value is -0.920. The van der Waals surface area contributed by atoms with Crippen molar-refractivity contribution in [2.75, 3.05) is 27.0 Å². The van der Waals surface area contributed by atoms with Crippen LogP contribution < -0.4 is 0 Å². The molecule has 0 spiro atoms. The van der Waals surface area contributed by atoms with Gasteiger partial charge in [-0.1, -0.05) is 32.1 Å². The lowest BCUT2D eigenvalue weighted by Crippen LogP contribution is -1.91. The number of carbonyl (C=O) groups is 1. The van der Waals surface area contributed by atoms with E-state index in [-0.39, 0.29) is 13.3 Å². The fourth-order valence-electron chi connectivity index (χ4n) is 0.451. The number of nitrogens with zero attached hydrogens (tertiary/aromatic N) is 2. The second-order valence-electron chi connectivity index (χ2n) is 2.68. The Morgan fingerprint density at radius 3 is 2.05 bits per heavy atom. The average Bonchev–Trinajstić information content (AvgIpc) is 2.89. The Morgan fingerprint density at radius 1 is 1.42 bits per heavy atom. The fraction of sp³-hybridized carbons (Fsp3) is 0.750. The molecule has 0 saturated heterocycles. The maximum atomic E-state index is 10.7. The molecule has 0 aliphatic carbocycles. The summed E-state index contributed by atoms with van der Waals surface area (Å²) in [4.78, 5) is 9.93. The fourth-order valence-corrected chi connectivity index (χ4v) is 0.965. The van der Waals surface area contributed by atoms with Crippen molar-refractivity contribution in [1.82, 2.24) is 10.2 Å². The van der Waals surface area contributed by atoms with E-state index in [4.69, 9.17) is 5.11 Å². The number of carbonyl (C=O) groups excluding carboxylic acids is 1. The minimum Gasteiger partial charge on any atom is -0.394 e. The van der Waals surface area contributed by atoms with E-state index in [0.29, 0.717) is 24.3 Å². The third kappa shape index (κ3) is 22.7. The quantitative estimate of drug-likeness (QED) is 0.865. The molecule has 1 aromatic rings. The number of hydrogen-bond acceptors (Lipinski definition) is 6. The number of aryl methyl sites for hydroxylation is 1. The van der Waals surface area contributed by atoms with Gasteiger partial charge in [-0.2, -0.15) is 0 Å². The van der Waals surface area contributed by atoms with E-state index in [1.165, 1.54) is 11.3 Å². The predicted octanol–water partition coefficient (Wildman–Crippen LogP) is 2.68. The maximum absolute atomic E-state index is 10.7. The van der Waals surface area contributed by atoms with Crippen LogP contribution in [0.25, 0.3) is 0 Å². The summed E-state index contributed by atoms with van der Waals surface area (Å²) in [6.45, 7) is 8.00. The molecule has 114 valence electrons. The molecule has 7 heteroatoms. The number of aliphatic hydroxyl groups is 1. The van der Waals surface area contributed by atoms with Gasteiger partial charge in [-0.15, -0.1) is 10.2 Å². The second-order valence-corrected chi connectivity index (χ2v) is 3.90. The van der Waals surface area contributed by atoms with Gasteiger partial charge in [-0.05, 0) is 13.3 Å². The lowest BCUT2D eigenvalue weighted by Gasteiger charge is -1.84. The van der Waals surface area contributed by atoms with Gasteiger partial charge < -0.3 is 9.84 Å². The van der Waals surface area contributed by atoms with Gasteiger partial charge in [-0.3, -0.25) is 9.18 Å². The van der Waals surface area contributed by atoms with Crippen LogP contribution in [0.1, 0.15) is 42.0 Å². The number of halogens is 1. The predicted molar refractivity (Wildman–Crippen MR) is 76.6 cm³/mol. The Balaban J connectivity index is -0.000000203. The highest BCUT2D eigenvalue weighted by molar-refractivity contribution is 7.12. The van der Waals surface area contributed by atoms with E-state index < -0.39 is 0 Å². The Labute approximate surface area is 118 Å². The molecule has 0 amide bonds. The zero-order valence-corrected chi connectivity index (χ0v) is 13.2. The van der Waals surface area contributed by atoms with E-state index in [0.717, 1.165) is 5.01 Å². The van der Waals surface area contributed by atoms with Crippen LogP contribution in [0.3, 0.4) is 0 Å². The maximum Gasteiger partial charge on any atom is 0.180 e. The van der Waals surface area contributed by atoms with E-state index in [2.05, 4.69) is 14.9 Å². The van der Waals surface area contributed by atoms with Crippen LogP contribution in [0.2, 0.25) is 0 Å². The number of aliphatic hydroxyl groups excluding tert-OH is 1. The molecule has 1 N–H and O–H groups in total. The van der Waals surface area contributed by atoms with E-state index in [1.807, 2.05) is 20.8 Å². The van der Waals surface area contributed by atoms with Gasteiger partial charge in [0.15, 0.2) is 11.3 Å². The molecule has 0 radical (unpaired) electrons. The first-order chi connectivity index (χ1) is 9.15. The minimum atomic E-state index is -0.181. The Morgan fingerprint density at radius 2 is 1.95 bits per heavy atom. The highest BCUT2D eigenvalue weighted by atomic mass is 32.1. The molecule has 1 aromatic heterocycles. The summed E-state index contributed by atoms with van der Waals surface area (Å²) in [5, 5.41) is 16.4. The molecule has 0 atom stereocenters. The van der Waals surface area contributed by atoms with Crippen molar-refractivity contribution in [3.63, 3.8) is 0 Å². The van der Waals surface area contributed by atoms with Gasteiger partial charge in [0.05, 0.1) is 19.9 Å². The summed E-state index contributed by atoms with van der Waals surface area (Å²) < 4.78 is 15.2. The second kappa shape index (κ2) is 22.3. The van der Waals surface area contributed by atoms with Crippen LogP contribution in [0.4, 0.5) is 4.39 Å². The lowest BCUT2D eigenvalue weighted by molar-refractivity contribution is 0.112. The normalized spacial score (nSPS) is 7.95. The van der Waals surface area contributed by atoms with Gasteiger partial charge >= 0.3 is 0 Å². The monoisotopic (exact) mass is 296 g/mol. The number of hydrogen-bond donors (Lipinski definition) is 1. The first kappa shape index (κ1) is 23.2. The molecule has 1 heterocycles. The van der Waals surface area contributed by atoms with Gasteiger partial charge in [0.25, 0.3) is 0 Å². The third-order valence-corrected chi connectivity index (χ3v) is 1.89. The number of alkyl halides is 1. The number of aldehydes is 1. The molecule has 1 rings (SSSR count). The number of methoxy groups -OCH3 is 1. The molecule has 0 unspecified atom stereocenters. The van der Waals surface area contributed by atoms with Gasteiger partial charge in [0, 0.05) is 7.11 Å². The van der Waals surface area contributed by atoms with Crippen LogP contribution >= 0.6 is 11.3 Å². The van der Waals surface area contributed by atoms with Crippen LogP contribution in [0.15, 0.2) is 0 Å². The number of aromatic nitrogens is 2. The van der Waals surface area contributed by atoms with Crippen molar-refractivity contribution in [2.45, 2.75) is 34.1 Å². The molecule has 0 aromatic carbocycles. The van der Waals surface area contributed by atoms with Crippen molar-refractivity contribution >= 4 is 17.6 Å². The standard InChI is InChI=1S/C4H4N2OS.C3H7F.C3H8O2.C2H6/c1-3-5-6-4(2-7)8-3;1-2-3-4;1-5-3-2-4;1-2/h2H,1H3;2-3H2,1H3;4H,2-3H2,1H3;1-2H3. The number of ether oxygens (including phenoxy) is 1. The molecule has 19 heavy (non-hydrogen) atoms. The summed E-state index contributed by atoms with van der Waals surface area (Å²) in [6.07, 6.45) is 1.35. The van der Waals surface area contributed by atoms with Gasteiger partial charge in [-0.25, -0.2) is 0 Å². The molecule has 0 aliphatic rings. The van der Waals surface area contributed by atoms with Crippen molar-refractivity contribution in [1.29, 1.82) is 0 Å². The highest BCUT2D eigenvalue weighted by Crippen LogP contribution is 2.03. The minimum absolute atomic E-state index is 0.122. The van der Waals surface area contributed by atoms with E-state index in [1.54, 1.807) is 14.0 Å². The van der Waals surface area contributed by atoms with Crippen LogP contribution in [0, 0.1) is 6.92 Å². The molecular weight excluding hydrogens is 271 g/mol. The third-order valence-electron chi connectivity index (χ3n) is 1.13. The van der Waals surface area contributed by atoms with Gasteiger partial charge in [0.2, 0.25) is 0 Å². The topological polar surface area (TPSA) is 72.3 Å². The summed E-state index contributed by atoms with van der Waals surface area (Å²) in [7, 11) is 1.55. The zero-order valence-electron chi connectivity index (χ0n) is 12.4. The largest absolute Gasteiger partial charge is 0.394 e. The smallest absolute Gasteiger partial charge is 0.180 e. The molecule has 0 saturated carbocycles. The first-order valence-electron chi connectivity index (χ1n) is 6.07. The van der Waals surface area contributed by atoms with Crippen molar-refractivity contribution in [3.05, 3.63) is 10.0 Å². The van der Waals surface area contributed by atoms with Crippen LogP contribution in [-0.2, 0) is 4.74 Å². The molecular formula is C12H25FN2O3S. The van der Waals surface area contributed by atoms with Crippen LogP contribution in [0.5, 0.6) is 0 Å². The van der Waals surface area contributed by atoms with Crippen molar-refractivity contribution in [2.24, 2.45) is 0 Å². The van der Waals surface area contributed by atoms with E-state index >= 15 is 0 Å². The van der Waals surface area contributed by atoms with Crippen molar-refractivity contribution < 1.29 is 19.0 Å². The Kier molecular flexibility index (Phi) is 27.2. The summed E-state index contributed by atoms with van der Waals surface area (Å²) in [6, 6.07) is 0. The zero-order chi connectivity index (χ0) is 15.5. The van der Waals surface area contributed by atoms with Gasteiger partial charge in [0.1, 0.15) is 5.01 Å². The van der Waals surface area contributed by atoms with Crippen molar-refractivity contribution in [3.8, 4) is 0 Å².